The van der Waals surface area contributed by atoms with Crippen molar-refractivity contribution in [2.24, 2.45) is 5.73 Å². The van der Waals surface area contributed by atoms with Gasteiger partial charge in [-0.15, -0.1) is 13.1 Å². The Hall–Kier alpha value is 1.15. The van der Waals surface area contributed by atoms with E-state index in [1.165, 1.54) is 7.05 Å². The molecule has 7 radical (unpaired) electrons. The van der Waals surface area contributed by atoms with E-state index in [-0.39, 0.29) is 49.5 Å². The van der Waals surface area contributed by atoms with Crippen molar-refractivity contribution in [1.82, 2.24) is 4.90 Å². The van der Waals surface area contributed by atoms with Crippen LogP contribution in [0, 0.1) is 13.8 Å². The van der Waals surface area contributed by atoms with Crippen LogP contribution < -0.4 is 5.73 Å². The van der Waals surface area contributed by atoms with Crippen LogP contribution in [0.5, 0.6) is 0 Å². The van der Waals surface area contributed by atoms with Crippen LogP contribution in [-0.2, 0) is 32.7 Å². The summed E-state index contributed by atoms with van der Waals surface area (Å²) in [7, 11) is 3.49. The van der Waals surface area contributed by atoms with Crippen LogP contribution in [0.25, 0.3) is 0 Å². The quantitative estimate of drug-likeness (QED) is 0.503. The van der Waals surface area contributed by atoms with Crippen LogP contribution in [-0.4, -0.2) is 48.9 Å². The van der Waals surface area contributed by atoms with E-state index in [0.717, 1.165) is 13.1 Å². The van der Waals surface area contributed by atoms with Gasteiger partial charge in [-0.25, -0.2) is 0 Å². The van der Waals surface area contributed by atoms with Crippen LogP contribution in [0.2, 0.25) is 0 Å². The van der Waals surface area contributed by atoms with Crippen LogP contribution in [0.3, 0.4) is 0 Å². The molecule has 61 valence electrons. The van der Waals surface area contributed by atoms with Crippen molar-refractivity contribution in [2.75, 3.05) is 27.2 Å². The first-order valence-electron chi connectivity index (χ1n) is 2.66. The summed E-state index contributed by atoms with van der Waals surface area (Å²) >= 11 is 0. The third-order valence-corrected chi connectivity index (χ3v) is 0.763. The predicted molar refractivity (Wildman–Crippen MR) is 49.8 cm³/mol. The van der Waals surface area contributed by atoms with Gasteiger partial charge in [-0.3, -0.25) is 0 Å². The van der Waals surface area contributed by atoms with E-state index in [0.29, 0.717) is 0 Å². The van der Waals surface area contributed by atoms with E-state index in [1.807, 2.05) is 11.9 Å². The molecule has 0 aromatic rings. The minimum Gasteiger partial charge on any atom is -0.365 e. The molecule has 0 aromatic heterocycles. The molecule has 0 heterocycles. The number of nitrogens with zero attached hydrogens (tertiary/aromatic N) is 1. The number of hydrogen-bond donors (Lipinski definition) is 1. The minimum absolute atomic E-state index is 0. The molecule has 0 fully saturated rings. The zero-order valence-corrected chi connectivity index (χ0v) is 10.4. The first-order chi connectivity index (χ1) is 3.81. The monoisotopic (exact) mass is 227 g/mol. The molecule has 0 unspecified atom stereocenters. The van der Waals surface area contributed by atoms with E-state index in [2.05, 4.69) is 19.6 Å². The molecule has 0 spiro atoms. The van der Waals surface area contributed by atoms with Gasteiger partial charge in [-0.1, -0.05) is 0 Å². The average molecular weight is 227 g/mol. The largest absolute Gasteiger partial charge is 0.365 e. The standard InChI is InChI=1S/C5H11N.CH5N.2B.Y/c1-4-6(3)5-2;1-2;;;/h1-2,4-5H2,3H3;2H2,1H3;;;/q-2;;;;. The molecule has 0 bridgehead atoms. The van der Waals surface area contributed by atoms with Gasteiger partial charge in [0.15, 0.2) is 0 Å². The van der Waals surface area contributed by atoms with E-state index in [9.17, 15) is 0 Å². The Morgan fingerprint density at radius 3 is 1.27 bits per heavy atom. The fraction of sp³-hybridized carbons (Fsp3) is 0.667. The topological polar surface area (TPSA) is 29.3 Å². The third kappa shape index (κ3) is 35.2. The summed E-state index contributed by atoms with van der Waals surface area (Å²) in [6.45, 7) is 8.99. The van der Waals surface area contributed by atoms with Gasteiger partial charge in [0, 0.05) is 49.5 Å². The van der Waals surface area contributed by atoms with Gasteiger partial charge >= 0.3 is 0 Å². The Labute approximate surface area is 101 Å². The van der Waals surface area contributed by atoms with Gasteiger partial charge < -0.3 is 24.5 Å². The zero-order chi connectivity index (χ0) is 6.99. The molecule has 2 nitrogen and oxygen atoms in total. The minimum atomic E-state index is 0. The fourth-order valence-corrected chi connectivity index (χ4v) is 0.112. The summed E-state index contributed by atoms with van der Waals surface area (Å²) in [5.41, 5.74) is 4.50. The second-order valence-electron chi connectivity index (χ2n) is 1.30. The van der Waals surface area contributed by atoms with Gasteiger partial charge in [0.25, 0.3) is 0 Å². The van der Waals surface area contributed by atoms with Gasteiger partial charge in [0.1, 0.15) is 0 Å². The molecule has 0 saturated carbocycles. The van der Waals surface area contributed by atoms with Crippen molar-refractivity contribution in [3.05, 3.63) is 13.8 Å². The van der Waals surface area contributed by atoms with Crippen molar-refractivity contribution in [1.29, 1.82) is 0 Å². The summed E-state index contributed by atoms with van der Waals surface area (Å²) in [6.07, 6.45) is 0. The normalized spacial score (nSPS) is 6.00. The van der Waals surface area contributed by atoms with Gasteiger partial charge in [-0.2, -0.15) is 0 Å². The van der Waals surface area contributed by atoms with E-state index in [4.69, 9.17) is 0 Å². The Balaban J connectivity index is -0.0000000222. The van der Waals surface area contributed by atoms with Gasteiger partial charge in [0.2, 0.25) is 0 Å². The Morgan fingerprint density at radius 2 is 1.27 bits per heavy atom. The first kappa shape index (κ1) is 29.5. The molecule has 0 amide bonds. The number of rotatable bonds is 2. The van der Waals surface area contributed by atoms with Crippen LogP contribution in [0.1, 0.15) is 0 Å². The van der Waals surface area contributed by atoms with Crippen LogP contribution in [0.15, 0.2) is 0 Å². The van der Waals surface area contributed by atoms with Crippen LogP contribution in [0.4, 0.5) is 0 Å². The van der Waals surface area contributed by atoms with Crippen molar-refractivity contribution in [3.8, 4) is 0 Å². The van der Waals surface area contributed by atoms with Crippen molar-refractivity contribution in [2.45, 2.75) is 0 Å². The summed E-state index contributed by atoms with van der Waals surface area (Å²) < 4.78 is 0. The molecule has 11 heavy (non-hydrogen) atoms. The molecule has 2 N–H and O–H groups in total. The summed E-state index contributed by atoms with van der Waals surface area (Å²) in [5, 5.41) is 0. The number of nitrogens with two attached hydrogens (primary N) is 1. The van der Waals surface area contributed by atoms with Crippen LogP contribution >= 0.6 is 0 Å². The second kappa shape index (κ2) is 30.4. The molecule has 0 aliphatic rings. The summed E-state index contributed by atoms with van der Waals surface area (Å²) in [5.74, 6) is 0. The Morgan fingerprint density at radius 1 is 1.09 bits per heavy atom. The van der Waals surface area contributed by atoms with Gasteiger partial charge in [-0.05, 0) is 14.1 Å². The summed E-state index contributed by atoms with van der Waals surface area (Å²) in [4.78, 5) is 2.03. The second-order valence-corrected chi connectivity index (χ2v) is 1.30. The molecule has 0 aliphatic carbocycles. The first-order valence-corrected chi connectivity index (χ1v) is 2.66. The van der Waals surface area contributed by atoms with Crippen molar-refractivity contribution < 1.29 is 32.7 Å². The molecule has 0 aliphatic heterocycles. The smallest absolute Gasteiger partial charge is 0 e. The van der Waals surface area contributed by atoms with E-state index in [1.54, 1.807) is 0 Å². The molecule has 0 aromatic carbocycles. The predicted octanol–water partition coefficient (Wildman–Crippen LogP) is -0.603. The van der Waals surface area contributed by atoms with E-state index >= 15 is 0 Å². The molecule has 5 heteroatoms. The van der Waals surface area contributed by atoms with Gasteiger partial charge in [0.05, 0.1) is 0 Å². The molecule has 0 saturated heterocycles. The van der Waals surface area contributed by atoms with Crippen molar-refractivity contribution in [3.63, 3.8) is 0 Å². The Kier molecular flexibility index (Phi) is 81.6. The molecular weight excluding hydrogens is 211 g/mol. The van der Waals surface area contributed by atoms with E-state index < -0.39 is 0 Å². The third-order valence-electron chi connectivity index (χ3n) is 0.763. The average Bonchev–Trinajstić information content (AvgIpc) is 1.91. The zero-order valence-electron chi connectivity index (χ0n) is 7.59. The number of hydrogen-bond acceptors (Lipinski definition) is 2. The maximum Gasteiger partial charge on any atom is 0 e. The van der Waals surface area contributed by atoms with Crippen molar-refractivity contribution >= 4 is 16.8 Å². The fourth-order valence-electron chi connectivity index (χ4n) is 0.112. The maximum absolute atomic E-state index is 4.50. The Bertz CT molecular complexity index is 37.8. The molecule has 0 atom stereocenters. The molecular formula is C6H16B2N2Y-2. The molecule has 0 rings (SSSR count). The summed E-state index contributed by atoms with van der Waals surface area (Å²) in [6, 6.07) is 0. The maximum atomic E-state index is 4.50. The SMILES string of the molecule is CN.[B].[B].[CH2-]CN(C)C[CH2-].[Y].